The minimum Gasteiger partial charge on any atom is -0.497 e. The number of halogens is 3. The van der Waals surface area contributed by atoms with Gasteiger partial charge in [-0.1, -0.05) is 30.3 Å². The Labute approximate surface area is 199 Å². The van der Waals surface area contributed by atoms with E-state index in [1.165, 1.54) is 12.8 Å². The van der Waals surface area contributed by atoms with E-state index >= 15 is 0 Å². The molecule has 7 nitrogen and oxygen atoms in total. The van der Waals surface area contributed by atoms with Gasteiger partial charge >= 0.3 is 12.1 Å². The highest BCUT2D eigenvalue weighted by Gasteiger charge is 2.38. The van der Waals surface area contributed by atoms with Crippen molar-refractivity contribution in [3.8, 4) is 22.9 Å². The van der Waals surface area contributed by atoms with Gasteiger partial charge in [0.15, 0.2) is 0 Å². The fourth-order valence-corrected chi connectivity index (χ4v) is 3.60. The first-order chi connectivity index (χ1) is 16.7. The van der Waals surface area contributed by atoms with Crippen LogP contribution in [0.15, 0.2) is 53.3 Å². The predicted molar refractivity (Wildman–Crippen MR) is 124 cm³/mol. The van der Waals surface area contributed by atoms with E-state index in [1.807, 2.05) is 36.4 Å². The molecule has 1 fully saturated rings. The van der Waals surface area contributed by atoms with Crippen LogP contribution in [0.25, 0.3) is 21.9 Å². The van der Waals surface area contributed by atoms with Crippen molar-refractivity contribution >= 4 is 16.7 Å². The number of hydrogen-bond acceptors (Lipinski definition) is 5. The molecule has 1 saturated carbocycles. The number of hydrogen-bond donors (Lipinski definition) is 2. The van der Waals surface area contributed by atoms with Crippen LogP contribution in [0.5, 0.6) is 5.75 Å². The SMILES string of the molecule is COc1ccc2c(=O)n(CCNCC3CC3)c(C#N)c(-c3ccccc3)c2c1.O=C(O)C(F)(F)F. The number of carbonyl (C=O) groups is 1. The maximum absolute atomic E-state index is 13.2. The third-order valence-corrected chi connectivity index (χ3v) is 5.53. The summed E-state index contributed by atoms with van der Waals surface area (Å²) in [5.74, 6) is -1.32. The summed E-state index contributed by atoms with van der Waals surface area (Å²) in [7, 11) is 1.60. The van der Waals surface area contributed by atoms with Gasteiger partial charge in [-0.05, 0) is 49.1 Å². The monoisotopic (exact) mass is 487 g/mol. The Morgan fingerprint density at radius 1 is 1.20 bits per heavy atom. The van der Waals surface area contributed by atoms with Crippen molar-refractivity contribution in [3.05, 3.63) is 64.6 Å². The molecule has 35 heavy (non-hydrogen) atoms. The molecule has 0 radical (unpaired) electrons. The van der Waals surface area contributed by atoms with Gasteiger partial charge in [0.2, 0.25) is 0 Å². The third-order valence-electron chi connectivity index (χ3n) is 5.53. The lowest BCUT2D eigenvalue weighted by molar-refractivity contribution is -0.192. The van der Waals surface area contributed by atoms with E-state index in [-0.39, 0.29) is 5.56 Å². The molecule has 1 aliphatic rings. The molecule has 184 valence electrons. The van der Waals surface area contributed by atoms with Gasteiger partial charge in [-0.2, -0.15) is 18.4 Å². The Morgan fingerprint density at radius 2 is 1.86 bits per heavy atom. The second-order valence-corrected chi connectivity index (χ2v) is 8.02. The number of ether oxygens (including phenoxy) is 1. The number of methoxy groups -OCH3 is 1. The molecule has 0 spiro atoms. The van der Waals surface area contributed by atoms with E-state index in [1.54, 1.807) is 23.8 Å². The summed E-state index contributed by atoms with van der Waals surface area (Å²) in [5, 5.41) is 21.8. The van der Waals surface area contributed by atoms with Crippen LogP contribution in [0, 0.1) is 17.2 Å². The molecule has 2 N–H and O–H groups in total. The first-order valence-electron chi connectivity index (χ1n) is 10.9. The highest BCUT2D eigenvalue weighted by Crippen LogP contribution is 2.32. The number of carboxylic acid groups (broad SMARTS) is 1. The standard InChI is InChI=1S/C23H23N3O2.C2HF3O2/c1-28-18-9-10-19-20(13-18)22(17-5-3-2-4-6-17)21(14-24)26(23(19)27)12-11-25-15-16-7-8-16;3-2(4,5)1(6)7/h2-6,9-10,13,16,25H,7-8,11-12,15H2,1H3;(H,6,7). The summed E-state index contributed by atoms with van der Waals surface area (Å²) >= 11 is 0. The van der Waals surface area contributed by atoms with Crippen LogP contribution in [0.2, 0.25) is 0 Å². The first kappa shape index (κ1) is 25.8. The number of fused-ring (bicyclic) bond motifs is 1. The van der Waals surface area contributed by atoms with Crippen LogP contribution in [-0.4, -0.2) is 42.0 Å². The molecule has 0 unspecified atom stereocenters. The predicted octanol–water partition coefficient (Wildman–Crippen LogP) is 4.18. The van der Waals surface area contributed by atoms with Crippen LogP contribution in [-0.2, 0) is 11.3 Å². The van der Waals surface area contributed by atoms with Gasteiger partial charge in [-0.25, -0.2) is 4.79 Å². The second-order valence-electron chi connectivity index (χ2n) is 8.02. The maximum Gasteiger partial charge on any atom is 0.490 e. The number of nitriles is 1. The largest absolute Gasteiger partial charge is 0.497 e. The van der Waals surface area contributed by atoms with Crippen molar-refractivity contribution in [1.82, 2.24) is 9.88 Å². The molecule has 1 heterocycles. The number of nitrogens with one attached hydrogen (secondary N) is 1. The molecule has 0 atom stereocenters. The van der Waals surface area contributed by atoms with Crippen molar-refractivity contribution < 1.29 is 27.8 Å². The van der Waals surface area contributed by atoms with Crippen LogP contribution in [0.3, 0.4) is 0 Å². The smallest absolute Gasteiger partial charge is 0.490 e. The van der Waals surface area contributed by atoms with Crippen LogP contribution in [0.4, 0.5) is 13.2 Å². The molecule has 2 aromatic carbocycles. The normalized spacial score (nSPS) is 13.0. The third kappa shape index (κ3) is 6.39. The molecule has 10 heteroatoms. The summed E-state index contributed by atoms with van der Waals surface area (Å²) in [6.07, 6.45) is -2.52. The second kappa shape index (κ2) is 11.1. The number of pyridine rings is 1. The van der Waals surface area contributed by atoms with Gasteiger partial charge < -0.3 is 15.2 Å². The van der Waals surface area contributed by atoms with E-state index < -0.39 is 12.1 Å². The molecule has 1 aromatic heterocycles. The molecule has 0 saturated heterocycles. The van der Waals surface area contributed by atoms with Gasteiger partial charge in [0, 0.05) is 29.4 Å². The van der Waals surface area contributed by atoms with Crippen LogP contribution < -0.4 is 15.6 Å². The molecule has 4 rings (SSSR count). The van der Waals surface area contributed by atoms with Gasteiger partial charge in [0.1, 0.15) is 17.5 Å². The zero-order valence-corrected chi connectivity index (χ0v) is 18.9. The minimum absolute atomic E-state index is 0.137. The summed E-state index contributed by atoms with van der Waals surface area (Å²) < 4.78 is 38.7. The zero-order valence-electron chi connectivity index (χ0n) is 18.9. The lowest BCUT2D eigenvalue weighted by Gasteiger charge is -2.17. The average Bonchev–Trinajstić information content (AvgIpc) is 3.67. The molecule has 0 aliphatic heterocycles. The van der Waals surface area contributed by atoms with E-state index in [4.69, 9.17) is 14.6 Å². The molecular formula is C25H24F3N3O4. The number of nitrogens with zero attached hydrogens (tertiary/aromatic N) is 2. The number of aliphatic carboxylic acids is 1. The first-order valence-corrected chi connectivity index (χ1v) is 10.9. The lowest BCUT2D eigenvalue weighted by atomic mass is 9.97. The summed E-state index contributed by atoms with van der Waals surface area (Å²) in [6.45, 7) is 2.12. The van der Waals surface area contributed by atoms with Crippen molar-refractivity contribution in [2.75, 3.05) is 20.2 Å². The zero-order chi connectivity index (χ0) is 25.6. The number of carboxylic acids is 1. The Kier molecular flexibility index (Phi) is 8.14. The fraction of sp³-hybridized carbons (Fsp3) is 0.320. The number of aromatic nitrogens is 1. The van der Waals surface area contributed by atoms with Crippen molar-refractivity contribution in [3.63, 3.8) is 0 Å². The van der Waals surface area contributed by atoms with Crippen LogP contribution in [0.1, 0.15) is 18.5 Å². The van der Waals surface area contributed by atoms with E-state index in [0.717, 1.165) is 29.0 Å². The Balaban J connectivity index is 0.000000429. The van der Waals surface area contributed by atoms with Crippen molar-refractivity contribution in [2.24, 2.45) is 5.92 Å². The molecular weight excluding hydrogens is 463 g/mol. The maximum atomic E-state index is 13.2. The van der Waals surface area contributed by atoms with Crippen molar-refractivity contribution in [1.29, 1.82) is 5.26 Å². The molecule has 0 bridgehead atoms. The number of alkyl halides is 3. The van der Waals surface area contributed by atoms with E-state index in [9.17, 15) is 23.2 Å². The van der Waals surface area contributed by atoms with Gasteiger partial charge in [0.05, 0.1) is 7.11 Å². The molecule has 0 amide bonds. The van der Waals surface area contributed by atoms with Gasteiger partial charge in [-0.15, -0.1) is 0 Å². The Bertz CT molecular complexity index is 1290. The van der Waals surface area contributed by atoms with Gasteiger partial charge in [0.25, 0.3) is 5.56 Å². The topological polar surface area (TPSA) is 104 Å². The van der Waals surface area contributed by atoms with E-state index in [0.29, 0.717) is 29.9 Å². The minimum atomic E-state index is -5.08. The highest BCUT2D eigenvalue weighted by molar-refractivity contribution is 5.99. The fourth-order valence-electron chi connectivity index (χ4n) is 3.60. The molecule has 1 aliphatic carbocycles. The Morgan fingerprint density at radius 3 is 2.40 bits per heavy atom. The quantitative estimate of drug-likeness (QED) is 0.485. The van der Waals surface area contributed by atoms with Crippen molar-refractivity contribution in [2.45, 2.75) is 25.6 Å². The summed E-state index contributed by atoms with van der Waals surface area (Å²) in [4.78, 5) is 22.1. The Hall–Kier alpha value is -3.84. The summed E-state index contributed by atoms with van der Waals surface area (Å²) in [6, 6.07) is 17.5. The number of benzene rings is 2. The van der Waals surface area contributed by atoms with Crippen LogP contribution >= 0.6 is 0 Å². The lowest BCUT2D eigenvalue weighted by Crippen LogP contribution is -2.30. The van der Waals surface area contributed by atoms with E-state index in [2.05, 4.69) is 11.4 Å². The number of rotatable bonds is 7. The highest BCUT2D eigenvalue weighted by atomic mass is 19.4. The van der Waals surface area contributed by atoms with Gasteiger partial charge in [-0.3, -0.25) is 9.36 Å². The average molecular weight is 487 g/mol. The summed E-state index contributed by atoms with van der Waals surface area (Å²) in [5.41, 5.74) is 1.95. The molecule has 3 aromatic rings.